The molecule has 0 aliphatic carbocycles. The Morgan fingerprint density at radius 2 is 1.92 bits per heavy atom. The summed E-state index contributed by atoms with van der Waals surface area (Å²) < 4.78 is 1.79. The quantitative estimate of drug-likeness (QED) is 0.854. The fourth-order valence-corrected chi connectivity index (χ4v) is 3.34. The summed E-state index contributed by atoms with van der Waals surface area (Å²) in [4.78, 5) is 17.0. The summed E-state index contributed by atoms with van der Waals surface area (Å²) in [5, 5.41) is 5.06. The highest BCUT2D eigenvalue weighted by molar-refractivity contribution is 6.31. The summed E-state index contributed by atoms with van der Waals surface area (Å²) in [6.07, 6.45) is 1.74. The number of halogens is 1. The van der Waals surface area contributed by atoms with Crippen molar-refractivity contribution in [2.45, 2.75) is 26.4 Å². The molecule has 2 heterocycles. The molecule has 1 saturated heterocycles. The van der Waals surface area contributed by atoms with Crippen LogP contribution < -0.4 is 0 Å². The zero-order valence-corrected chi connectivity index (χ0v) is 14.9. The normalized spacial score (nSPS) is 17.0. The van der Waals surface area contributed by atoms with Crippen molar-refractivity contribution >= 4 is 17.5 Å². The number of aryl methyl sites for hydroxylation is 1. The third-order valence-corrected chi connectivity index (χ3v) is 5.00. The van der Waals surface area contributed by atoms with Gasteiger partial charge in [0, 0.05) is 49.6 Å². The second-order valence-corrected chi connectivity index (χ2v) is 6.69. The lowest BCUT2D eigenvalue weighted by atomic mass is 10.2. The molecule has 128 valence electrons. The minimum Gasteiger partial charge on any atom is -0.338 e. The maximum absolute atomic E-state index is 12.7. The summed E-state index contributed by atoms with van der Waals surface area (Å²) in [7, 11) is 0. The highest BCUT2D eigenvalue weighted by Gasteiger charge is 2.26. The lowest BCUT2D eigenvalue weighted by molar-refractivity contribution is -0.136. The highest BCUT2D eigenvalue weighted by atomic mass is 35.5. The van der Waals surface area contributed by atoms with Crippen molar-refractivity contribution < 1.29 is 4.79 Å². The van der Waals surface area contributed by atoms with Crippen molar-refractivity contribution in [3.63, 3.8) is 0 Å². The summed E-state index contributed by atoms with van der Waals surface area (Å²) in [5.41, 5.74) is 2.15. The molecule has 5 nitrogen and oxygen atoms in total. The molecule has 0 N–H and O–H groups in total. The summed E-state index contributed by atoms with van der Waals surface area (Å²) in [5.74, 6) is 0.138. The SMILES string of the molecule is Cc1ccnn1C(C)C(=O)N1CCN(Cc2ccccc2Cl)CC1. The molecule has 0 spiro atoms. The Hall–Kier alpha value is -1.85. The number of piperazine rings is 1. The molecule has 1 atom stereocenters. The summed E-state index contributed by atoms with van der Waals surface area (Å²) in [6, 6.07) is 9.60. The van der Waals surface area contributed by atoms with Gasteiger partial charge in [0.2, 0.25) is 5.91 Å². The van der Waals surface area contributed by atoms with Crippen LogP contribution in [0.15, 0.2) is 36.5 Å². The number of aromatic nitrogens is 2. The maximum atomic E-state index is 12.7. The Labute approximate surface area is 147 Å². The number of carbonyl (C=O) groups excluding carboxylic acids is 1. The second kappa shape index (κ2) is 7.36. The van der Waals surface area contributed by atoms with Gasteiger partial charge in [-0.15, -0.1) is 0 Å². The van der Waals surface area contributed by atoms with Crippen LogP contribution in [0.25, 0.3) is 0 Å². The van der Waals surface area contributed by atoms with Gasteiger partial charge in [-0.05, 0) is 31.5 Å². The van der Waals surface area contributed by atoms with Crippen LogP contribution in [0.3, 0.4) is 0 Å². The molecule has 24 heavy (non-hydrogen) atoms. The fourth-order valence-electron chi connectivity index (χ4n) is 3.15. The number of hydrogen-bond acceptors (Lipinski definition) is 3. The van der Waals surface area contributed by atoms with Gasteiger partial charge in [0.1, 0.15) is 6.04 Å². The van der Waals surface area contributed by atoms with Gasteiger partial charge in [-0.2, -0.15) is 5.10 Å². The minimum atomic E-state index is -0.255. The van der Waals surface area contributed by atoms with Gasteiger partial charge in [-0.1, -0.05) is 29.8 Å². The van der Waals surface area contributed by atoms with Gasteiger partial charge in [0.05, 0.1) is 0 Å². The van der Waals surface area contributed by atoms with E-state index < -0.39 is 0 Å². The van der Waals surface area contributed by atoms with E-state index in [1.807, 2.05) is 43.0 Å². The monoisotopic (exact) mass is 346 g/mol. The lowest BCUT2D eigenvalue weighted by Crippen LogP contribution is -2.50. The Bertz CT molecular complexity index is 707. The molecular weight excluding hydrogens is 324 g/mol. The molecule has 1 amide bonds. The molecule has 1 fully saturated rings. The number of nitrogens with zero attached hydrogens (tertiary/aromatic N) is 4. The molecule has 0 bridgehead atoms. The Balaban J connectivity index is 1.56. The van der Waals surface area contributed by atoms with Gasteiger partial charge in [-0.25, -0.2) is 0 Å². The third-order valence-electron chi connectivity index (χ3n) is 4.63. The zero-order chi connectivity index (χ0) is 17.1. The van der Waals surface area contributed by atoms with Gasteiger partial charge in [0.25, 0.3) is 0 Å². The molecule has 6 heteroatoms. The van der Waals surface area contributed by atoms with Crippen LogP contribution in [0, 0.1) is 6.92 Å². The van der Waals surface area contributed by atoms with Crippen LogP contribution in [0.2, 0.25) is 5.02 Å². The molecule has 1 aliphatic heterocycles. The first-order chi connectivity index (χ1) is 11.6. The Morgan fingerprint density at radius 3 is 2.54 bits per heavy atom. The Morgan fingerprint density at radius 1 is 1.21 bits per heavy atom. The van der Waals surface area contributed by atoms with E-state index in [9.17, 15) is 4.79 Å². The molecule has 0 radical (unpaired) electrons. The molecule has 3 rings (SSSR count). The smallest absolute Gasteiger partial charge is 0.247 e. The highest BCUT2D eigenvalue weighted by Crippen LogP contribution is 2.19. The number of amides is 1. The summed E-state index contributed by atoms with van der Waals surface area (Å²) >= 11 is 6.24. The number of benzene rings is 1. The van der Waals surface area contributed by atoms with E-state index in [4.69, 9.17) is 11.6 Å². The molecule has 2 aromatic rings. The molecule has 0 saturated carbocycles. The van der Waals surface area contributed by atoms with Crippen LogP contribution in [-0.2, 0) is 11.3 Å². The number of hydrogen-bond donors (Lipinski definition) is 0. The van der Waals surface area contributed by atoms with Gasteiger partial charge >= 0.3 is 0 Å². The van der Waals surface area contributed by atoms with Crippen LogP contribution in [-0.4, -0.2) is 51.7 Å². The molecule has 1 unspecified atom stereocenters. The maximum Gasteiger partial charge on any atom is 0.247 e. The van der Waals surface area contributed by atoms with Crippen molar-refractivity contribution in [3.05, 3.63) is 52.8 Å². The minimum absolute atomic E-state index is 0.138. The second-order valence-electron chi connectivity index (χ2n) is 6.29. The van der Waals surface area contributed by atoms with E-state index in [-0.39, 0.29) is 11.9 Å². The average molecular weight is 347 g/mol. The molecular formula is C18H23ClN4O. The van der Waals surface area contributed by atoms with E-state index in [0.717, 1.165) is 49.0 Å². The molecule has 1 aliphatic rings. The van der Waals surface area contributed by atoms with Crippen molar-refractivity contribution in [1.82, 2.24) is 19.6 Å². The zero-order valence-electron chi connectivity index (χ0n) is 14.2. The Kier molecular flexibility index (Phi) is 5.21. The summed E-state index contributed by atoms with van der Waals surface area (Å²) in [6.45, 7) is 7.93. The van der Waals surface area contributed by atoms with E-state index in [1.54, 1.807) is 10.9 Å². The molecule has 1 aromatic carbocycles. The van der Waals surface area contributed by atoms with Gasteiger partial charge in [-0.3, -0.25) is 14.4 Å². The first kappa shape index (κ1) is 17.0. The van der Waals surface area contributed by atoms with Crippen LogP contribution in [0.1, 0.15) is 24.2 Å². The first-order valence-electron chi connectivity index (χ1n) is 8.31. The fraction of sp³-hybridized carbons (Fsp3) is 0.444. The van der Waals surface area contributed by atoms with Gasteiger partial charge in [0.15, 0.2) is 0 Å². The van der Waals surface area contributed by atoms with Crippen molar-refractivity contribution in [3.8, 4) is 0 Å². The lowest BCUT2D eigenvalue weighted by Gasteiger charge is -2.36. The standard InChI is InChI=1S/C18H23ClN4O/c1-14-7-8-20-23(14)15(2)18(24)22-11-9-21(10-12-22)13-16-5-3-4-6-17(16)19/h3-8,15H,9-13H2,1-2H3. The number of carbonyl (C=O) groups is 1. The van der Waals surface area contributed by atoms with Crippen LogP contribution in [0.4, 0.5) is 0 Å². The van der Waals surface area contributed by atoms with E-state index in [2.05, 4.69) is 16.1 Å². The van der Waals surface area contributed by atoms with Crippen molar-refractivity contribution in [2.24, 2.45) is 0 Å². The predicted molar refractivity (Wildman–Crippen MR) is 95.0 cm³/mol. The average Bonchev–Trinajstić information content (AvgIpc) is 3.02. The largest absolute Gasteiger partial charge is 0.338 e. The van der Waals surface area contributed by atoms with Crippen molar-refractivity contribution in [2.75, 3.05) is 26.2 Å². The van der Waals surface area contributed by atoms with E-state index in [0.29, 0.717) is 0 Å². The van der Waals surface area contributed by atoms with Crippen molar-refractivity contribution in [1.29, 1.82) is 0 Å². The van der Waals surface area contributed by atoms with E-state index >= 15 is 0 Å². The first-order valence-corrected chi connectivity index (χ1v) is 8.68. The topological polar surface area (TPSA) is 41.4 Å². The van der Waals surface area contributed by atoms with E-state index in [1.165, 1.54) is 0 Å². The predicted octanol–water partition coefficient (Wildman–Crippen LogP) is 2.75. The van der Waals surface area contributed by atoms with Gasteiger partial charge < -0.3 is 4.90 Å². The van der Waals surface area contributed by atoms with Crippen LogP contribution >= 0.6 is 11.6 Å². The van der Waals surface area contributed by atoms with Crippen LogP contribution in [0.5, 0.6) is 0 Å². The third kappa shape index (κ3) is 3.62. The molecule has 1 aromatic heterocycles. The number of rotatable bonds is 4.